The van der Waals surface area contributed by atoms with Gasteiger partial charge in [-0.25, -0.2) is 0 Å². The first-order valence-electron chi connectivity index (χ1n) is 8.64. The molecule has 3 aliphatic rings. The van der Waals surface area contributed by atoms with Gasteiger partial charge in [-0.3, -0.25) is 4.79 Å². The fraction of sp³-hybridized carbons (Fsp3) is 0.944. The molecule has 23 heavy (non-hydrogen) atoms. The summed E-state index contributed by atoms with van der Waals surface area (Å²) in [5.41, 5.74) is 0.409. The lowest BCUT2D eigenvalue weighted by Gasteiger charge is -2.22. The monoisotopic (exact) mass is 458 g/mol. The topological polar surface area (TPSA) is 46.7 Å². The van der Waals surface area contributed by atoms with Crippen LogP contribution in [0.15, 0.2) is 0 Å². The minimum absolute atomic E-state index is 0. The standard InChI is InChI=1S/C8H14O.C7H12O.C3H9OS.HI/c1-7-2-4-8(5-3-7)6-9-8;1-6-2-4-7(8)5-3-6;1-5(2,3)4;/h7H,2-6H2,1H3;6H,2-5H2,1H3;1-3H3;1H/q;;+1;/p-1. The van der Waals surface area contributed by atoms with Gasteiger partial charge in [-0.2, -0.15) is 0 Å². The van der Waals surface area contributed by atoms with Crippen LogP contribution in [0.1, 0.15) is 65.2 Å². The highest BCUT2D eigenvalue weighted by Gasteiger charge is 2.45. The zero-order chi connectivity index (χ0) is 16.8. The quantitative estimate of drug-likeness (QED) is 0.311. The first-order valence-corrected chi connectivity index (χ1v) is 11.4. The molecule has 2 aliphatic carbocycles. The molecule has 1 aliphatic heterocycles. The van der Waals surface area contributed by atoms with Crippen molar-refractivity contribution < 1.29 is 37.7 Å². The number of hydrogen-bond acceptors (Lipinski definition) is 3. The predicted molar refractivity (Wildman–Crippen MR) is 94.8 cm³/mol. The number of ether oxygens (including phenoxy) is 1. The number of rotatable bonds is 0. The van der Waals surface area contributed by atoms with Gasteiger partial charge in [0.1, 0.15) is 24.6 Å². The summed E-state index contributed by atoms with van der Waals surface area (Å²) in [4.78, 5) is 10.6. The van der Waals surface area contributed by atoms with Crippen molar-refractivity contribution in [2.45, 2.75) is 70.8 Å². The van der Waals surface area contributed by atoms with Crippen LogP contribution in [-0.2, 0) is 23.7 Å². The third kappa shape index (κ3) is 12.5. The molecule has 5 heteroatoms. The summed E-state index contributed by atoms with van der Waals surface area (Å²) in [6.07, 6.45) is 14.5. The minimum atomic E-state index is -1.42. The Bertz CT molecular complexity index is 373. The lowest BCUT2D eigenvalue weighted by atomic mass is 9.83. The number of halogens is 1. The van der Waals surface area contributed by atoms with Crippen LogP contribution in [0, 0.1) is 11.8 Å². The average Bonchev–Trinajstić information content (AvgIpc) is 3.16. The van der Waals surface area contributed by atoms with Crippen molar-refractivity contribution in [3.8, 4) is 0 Å². The van der Waals surface area contributed by atoms with Crippen LogP contribution in [0.4, 0.5) is 0 Å². The zero-order valence-electron chi connectivity index (χ0n) is 15.5. The molecule has 3 fully saturated rings. The number of carbonyl (C=O) groups is 1. The van der Waals surface area contributed by atoms with Crippen LogP contribution in [0.2, 0.25) is 0 Å². The van der Waals surface area contributed by atoms with E-state index in [-0.39, 0.29) is 24.0 Å². The maximum atomic E-state index is 10.6. The molecule has 0 bridgehead atoms. The number of ketones is 1. The van der Waals surface area contributed by atoms with Crippen LogP contribution in [0.5, 0.6) is 0 Å². The maximum absolute atomic E-state index is 10.6. The second kappa shape index (κ2) is 10.5. The summed E-state index contributed by atoms with van der Waals surface area (Å²) in [6, 6.07) is 0. The Kier molecular flexibility index (Phi) is 10.7. The van der Waals surface area contributed by atoms with Crippen LogP contribution >= 0.6 is 0 Å². The van der Waals surface area contributed by atoms with Crippen LogP contribution < -0.4 is 24.0 Å². The van der Waals surface area contributed by atoms with Crippen molar-refractivity contribution in [2.24, 2.45) is 11.8 Å². The highest BCUT2D eigenvalue weighted by Crippen LogP contribution is 2.43. The molecule has 0 radical (unpaired) electrons. The summed E-state index contributed by atoms with van der Waals surface area (Å²) in [6.45, 7) is 5.61. The van der Waals surface area contributed by atoms with Crippen molar-refractivity contribution >= 4 is 15.7 Å². The van der Waals surface area contributed by atoms with Crippen molar-refractivity contribution in [2.75, 3.05) is 25.4 Å². The predicted octanol–water partition coefficient (Wildman–Crippen LogP) is 1.11. The minimum Gasteiger partial charge on any atom is -1.00 e. The molecule has 3 nitrogen and oxygen atoms in total. The van der Waals surface area contributed by atoms with E-state index in [0.717, 1.165) is 44.1 Å². The lowest BCUT2D eigenvalue weighted by molar-refractivity contribution is -0.120. The molecule has 0 amide bonds. The van der Waals surface area contributed by atoms with Gasteiger partial charge in [0.15, 0.2) is 0 Å². The van der Waals surface area contributed by atoms with Gasteiger partial charge in [0.25, 0.3) is 0 Å². The molecule has 0 aromatic heterocycles. The maximum Gasteiger partial charge on any atom is 0.132 e. The molecule has 138 valence electrons. The molecular weight excluding hydrogens is 423 g/mol. The van der Waals surface area contributed by atoms with Gasteiger partial charge in [-0.05, 0) is 50.4 Å². The fourth-order valence-corrected chi connectivity index (χ4v) is 2.76. The molecule has 0 aromatic rings. The molecule has 0 aromatic carbocycles. The van der Waals surface area contributed by atoms with Gasteiger partial charge in [0.05, 0.1) is 22.1 Å². The van der Waals surface area contributed by atoms with Gasteiger partial charge >= 0.3 is 0 Å². The van der Waals surface area contributed by atoms with Crippen molar-refractivity contribution in [1.29, 1.82) is 0 Å². The molecule has 0 atom stereocenters. The molecule has 1 heterocycles. The summed E-state index contributed by atoms with van der Waals surface area (Å²) < 4.78 is 15.6. The van der Waals surface area contributed by atoms with Gasteiger partial charge in [-0.15, -0.1) is 4.21 Å². The Balaban J connectivity index is 0.000000323. The molecule has 0 N–H and O–H groups in total. The number of epoxide rings is 1. The number of carbonyl (C=O) groups excluding carboxylic acids is 1. The summed E-state index contributed by atoms with van der Waals surface area (Å²) in [5.74, 6) is 2.22. The van der Waals surface area contributed by atoms with Crippen molar-refractivity contribution in [3.63, 3.8) is 0 Å². The summed E-state index contributed by atoms with van der Waals surface area (Å²) in [7, 11) is -1.42. The third-order valence-electron chi connectivity index (χ3n) is 4.57. The first-order chi connectivity index (χ1) is 10.1. The largest absolute Gasteiger partial charge is 1.00 e. The summed E-state index contributed by atoms with van der Waals surface area (Å²) >= 11 is 0. The van der Waals surface area contributed by atoms with Crippen molar-refractivity contribution in [3.05, 3.63) is 0 Å². The second-order valence-corrected chi connectivity index (χ2v) is 11.5. The Hall–Kier alpha value is 0.510. The van der Waals surface area contributed by atoms with E-state index in [1.54, 1.807) is 18.8 Å². The highest BCUT2D eigenvalue weighted by atomic mass is 127. The molecule has 3 rings (SSSR count). The smallest absolute Gasteiger partial charge is 0.132 e. The van der Waals surface area contributed by atoms with Crippen molar-refractivity contribution in [1.82, 2.24) is 0 Å². The SMILES string of the molecule is CC1CCC(=O)CC1.CC1CCC2(CC1)CO2.C[S+](C)(C)=O.[I-]. The molecule has 0 unspecified atom stereocenters. The normalized spacial score (nSPS) is 30.3. The fourth-order valence-electron chi connectivity index (χ4n) is 2.76. The van der Waals surface area contributed by atoms with E-state index in [1.807, 2.05) is 0 Å². The number of Topliss-reactive ketones (excluding diaryl/α,β-unsaturated/α-hetero) is 1. The second-order valence-electron chi connectivity index (χ2n) is 8.10. The Morgan fingerprint density at radius 3 is 1.61 bits per heavy atom. The van der Waals surface area contributed by atoms with E-state index in [4.69, 9.17) is 4.74 Å². The molecule has 1 saturated heterocycles. The van der Waals surface area contributed by atoms with E-state index in [0.29, 0.717) is 11.4 Å². The van der Waals surface area contributed by atoms with E-state index in [2.05, 4.69) is 13.8 Å². The van der Waals surface area contributed by atoms with E-state index in [9.17, 15) is 9.00 Å². The Morgan fingerprint density at radius 1 is 0.957 bits per heavy atom. The van der Waals surface area contributed by atoms with Gasteiger partial charge < -0.3 is 28.7 Å². The van der Waals surface area contributed by atoms with Gasteiger partial charge in [-0.1, -0.05) is 13.8 Å². The molecule has 1 spiro atoms. The summed E-state index contributed by atoms with van der Waals surface area (Å²) in [5, 5.41) is 0. The van der Waals surface area contributed by atoms with Crippen LogP contribution in [0.3, 0.4) is 0 Å². The zero-order valence-corrected chi connectivity index (χ0v) is 18.5. The van der Waals surface area contributed by atoms with Gasteiger partial charge in [0.2, 0.25) is 0 Å². The van der Waals surface area contributed by atoms with Gasteiger partial charge in [0, 0.05) is 12.8 Å². The average molecular weight is 458 g/mol. The highest BCUT2D eigenvalue weighted by molar-refractivity contribution is 8.00. The van der Waals surface area contributed by atoms with Crippen LogP contribution in [0.25, 0.3) is 0 Å². The third-order valence-corrected chi connectivity index (χ3v) is 4.57. The Morgan fingerprint density at radius 2 is 1.30 bits per heavy atom. The number of hydrogen-bond donors (Lipinski definition) is 0. The first kappa shape index (κ1) is 23.5. The molecule has 2 saturated carbocycles. The van der Waals surface area contributed by atoms with E-state index >= 15 is 0 Å². The van der Waals surface area contributed by atoms with E-state index < -0.39 is 9.93 Å². The van der Waals surface area contributed by atoms with E-state index in [1.165, 1.54) is 25.7 Å². The molecular formula is C18H35IO3S. The lowest BCUT2D eigenvalue weighted by Crippen LogP contribution is -3.00. The Labute approximate surface area is 161 Å². The van der Waals surface area contributed by atoms with Crippen LogP contribution in [-0.4, -0.2) is 36.8 Å².